The fourth-order valence-electron chi connectivity index (χ4n) is 12.0. The van der Waals surface area contributed by atoms with E-state index in [0.717, 1.165) is 123 Å². The van der Waals surface area contributed by atoms with Crippen LogP contribution in [0.5, 0.6) is 0 Å². The Morgan fingerprint density at radius 2 is 0.743 bits per heavy atom. The van der Waals surface area contributed by atoms with E-state index in [1.165, 1.54) is 21.5 Å². The Morgan fingerprint density at radius 3 is 1.34 bits per heavy atom. The normalized spacial score (nSPS) is 12.3. The Labute approximate surface area is 423 Å². The van der Waals surface area contributed by atoms with E-state index in [-0.39, 0.29) is 0 Å². The number of para-hydroxylation sites is 4. The van der Waals surface area contributed by atoms with Crippen molar-refractivity contribution in [1.29, 1.82) is 0 Å². The second-order valence-electron chi connectivity index (χ2n) is 19.0. The van der Waals surface area contributed by atoms with Gasteiger partial charge in [-0.15, -0.1) is 0 Å². The minimum Gasteiger partial charge on any atom is -0.294 e. The summed E-state index contributed by atoms with van der Waals surface area (Å²) in [5.41, 5.74) is 14.8. The molecule has 0 radical (unpaired) electrons. The number of rotatable bonds is 6. The first-order valence-corrected chi connectivity index (χ1v) is 25.0. The zero-order valence-corrected chi connectivity index (χ0v) is 39.7. The fraction of sp³-hybridized carbons (Fsp3) is 0. The Kier molecular flexibility index (Phi) is 8.58. The first-order chi connectivity index (χ1) is 36.7. The van der Waals surface area contributed by atoms with Crippen molar-refractivity contribution in [2.24, 2.45) is 0 Å². The fourth-order valence-corrected chi connectivity index (χ4v) is 12.0. The number of hydrogen-bond acceptors (Lipinski definition) is 5. The molecule has 8 heterocycles. The number of anilines is 3. The first kappa shape index (κ1) is 40.5. The van der Waals surface area contributed by atoms with E-state index in [2.05, 4.69) is 231 Å². The van der Waals surface area contributed by atoms with Gasteiger partial charge in [0.15, 0.2) is 0 Å². The molecule has 16 rings (SSSR count). The maximum atomic E-state index is 5.66. The molecule has 0 aliphatic carbocycles. The molecule has 0 spiro atoms. The summed E-state index contributed by atoms with van der Waals surface area (Å²) in [6.45, 7) is 0. The molecule has 0 saturated carbocycles. The van der Waals surface area contributed by atoms with Gasteiger partial charge in [0.2, 0.25) is 0 Å². The average Bonchev–Trinajstić information content (AvgIpc) is 4.14. The van der Waals surface area contributed by atoms with Gasteiger partial charge in [-0.1, -0.05) is 127 Å². The van der Waals surface area contributed by atoms with Crippen LogP contribution in [0.2, 0.25) is 0 Å². The van der Waals surface area contributed by atoms with Crippen molar-refractivity contribution in [1.82, 2.24) is 33.6 Å². The zero-order chi connectivity index (χ0) is 48.4. The Balaban J connectivity index is 0.991. The van der Waals surface area contributed by atoms with E-state index < -0.39 is 0 Å². The van der Waals surface area contributed by atoms with E-state index in [1.807, 2.05) is 30.6 Å². The Hall–Kier alpha value is -10.2. The minimum absolute atomic E-state index is 0.804. The summed E-state index contributed by atoms with van der Waals surface area (Å²) in [4.78, 5) is 23.3. The molecule has 0 saturated heterocycles. The van der Waals surface area contributed by atoms with E-state index in [0.29, 0.717) is 0 Å². The summed E-state index contributed by atoms with van der Waals surface area (Å²) in [6.07, 6.45) is 3.73. The van der Waals surface area contributed by atoms with Gasteiger partial charge in [0.05, 0.1) is 55.9 Å². The number of hydrogen-bond donors (Lipinski definition) is 0. The maximum absolute atomic E-state index is 5.66. The number of pyridine rings is 4. The van der Waals surface area contributed by atoms with Crippen molar-refractivity contribution in [2.45, 2.75) is 0 Å². The molecule has 7 aromatic heterocycles. The summed E-state index contributed by atoms with van der Waals surface area (Å²) >= 11 is 0. The highest BCUT2D eigenvalue weighted by Gasteiger charge is 2.31. The Bertz CT molecular complexity index is 4690. The molecule has 8 aromatic carbocycles. The van der Waals surface area contributed by atoms with E-state index in [4.69, 9.17) is 19.9 Å². The van der Waals surface area contributed by atoms with Gasteiger partial charge in [-0.25, -0.2) is 9.97 Å². The smallest absolute Gasteiger partial charge is 0.140 e. The molecule has 344 valence electrons. The lowest BCUT2D eigenvalue weighted by atomic mass is 9.87. The molecule has 0 amide bonds. The summed E-state index contributed by atoms with van der Waals surface area (Å²) < 4.78 is 6.92. The van der Waals surface area contributed by atoms with Crippen LogP contribution in [0.3, 0.4) is 0 Å². The van der Waals surface area contributed by atoms with Gasteiger partial charge in [0, 0.05) is 66.8 Å². The van der Waals surface area contributed by atoms with Crippen LogP contribution in [0.15, 0.2) is 243 Å². The van der Waals surface area contributed by atoms with Crippen molar-refractivity contribution in [2.75, 3.05) is 4.90 Å². The summed E-state index contributed by atoms with van der Waals surface area (Å²) in [7, 11) is 0. The summed E-state index contributed by atoms with van der Waals surface area (Å²) in [5, 5.41) is 9.25. The van der Waals surface area contributed by atoms with Gasteiger partial charge < -0.3 is 0 Å². The van der Waals surface area contributed by atoms with Crippen LogP contribution in [-0.2, 0) is 0 Å². The third-order valence-electron chi connectivity index (χ3n) is 15.1. The molecule has 8 heteroatoms. The summed E-state index contributed by atoms with van der Waals surface area (Å²) in [5.74, 6) is 3.30. The van der Waals surface area contributed by atoms with E-state index in [9.17, 15) is 0 Å². The third-order valence-corrected chi connectivity index (χ3v) is 15.1. The van der Waals surface area contributed by atoms with Gasteiger partial charge in [0.1, 0.15) is 23.3 Å². The van der Waals surface area contributed by atoms with Gasteiger partial charge >= 0.3 is 0 Å². The highest BCUT2D eigenvalue weighted by atomic mass is 15.2. The van der Waals surface area contributed by atoms with Crippen LogP contribution >= 0.6 is 0 Å². The molecule has 1 aliphatic heterocycles. The van der Waals surface area contributed by atoms with Gasteiger partial charge in [0.25, 0.3) is 0 Å². The number of benzene rings is 8. The molecule has 15 aromatic rings. The summed E-state index contributed by atoms with van der Waals surface area (Å²) in [6, 6.07) is 82.1. The molecular weight excluding hydrogens is 905 g/mol. The lowest BCUT2D eigenvalue weighted by Gasteiger charge is -2.33. The lowest BCUT2D eigenvalue weighted by Crippen LogP contribution is -2.17. The molecule has 8 nitrogen and oxygen atoms in total. The maximum Gasteiger partial charge on any atom is 0.140 e. The highest BCUT2D eigenvalue weighted by molar-refractivity contribution is 6.21. The monoisotopic (exact) mass is 944 g/mol. The van der Waals surface area contributed by atoms with Crippen LogP contribution in [0.1, 0.15) is 0 Å². The average molecular weight is 945 g/mol. The van der Waals surface area contributed by atoms with Crippen molar-refractivity contribution < 1.29 is 0 Å². The minimum atomic E-state index is 0.804. The van der Waals surface area contributed by atoms with Crippen LogP contribution in [-0.4, -0.2) is 33.6 Å². The molecule has 1 aliphatic rings. The molecule has 0 bridgehead atoms. The topological polar surface area (TPSA) is 69.6 Å². The third kappa shape index (κ3) is 5.84. The number of nitrogens with zero attached hydrogens (tertiary/aromatic N) is 8. The van der Waals surface area contributed by atoms with Crippen molar-refractivity contribution in [3.8, 4) is 51.1 Å². The lowest BCUT2D eigenvalue weighted by molar-refractivity contribution is 1.01. The standard InChI is InChI=1S/C66H40N8/c1-5-23-54-43(16-1)44-17-2-6-24-55(44)71(54)62-28-14-30-64(69-62)73-58-35-32-41(52-21-9-11-36-67-52)38-49(58)51-39-50-48-34-33-42(53-22-10-12-37-68-53)47-20-13-27-59(66(47)48)74(60(50)40-61(51)73)65-31-15-29-63(70-65)72-56-25-7-3-18-45(56)46-19-4-8-26-57(46)72/h1-40H. The van der Waals surface area contributed by atoms with Crippen molar-refractivity contribution in [3.05, 3.63) is 243 Å². The van der Waals surface area contributed by atoms with E-state index >= 15 is 0 Å². The molecule has 0 atom stereocenters. The Morgan fingerprint density at radius 1 is 0.270 bits per heavy atom. The van der Waals surface area contributed by atoms with Crippen LogP contribution in [0.25, 0.3) is 127 Å². The number of aromatic nitrogens is 7. The van der Waals surface area contributed by atoms with Crippen LogP contribution in [0, 0.1) is 0 Å². The molecule has 0 fully saturated rings. The predicted octanol–water partition coefficient (Wildman–Crippen LogP) is 16.5. The van der Waals surface area contributed by atoms with Gasteiger partial charge in [-0.2, -0.15) is 0 Å². The second kappa shape index (κ2) is 15.7. The molecule has 74 heavy (non-hydrogen) atoms. The van der Waals surface area contributed by atoms with E-state index in [1.54, 1.807) is 0 Å². The zero-order valence-electron chi connectivity index (χ0n) is 39.7. The predicted molar refractivity (Wildman–Crippen MR) is 303 cm³/mol. The first-order valence-electron chi connectivity index (χ1n) is 25.0. The molecule has 0 N–H and O–H groups in total. The quantitative estimate of drug-likeness (QED) is 0.166. The number of fused-ring (bicyclic) bond motifs is 11. The van der Waals surface area contributed by atoms with Crippen molar-refractivity contribution >= 4 is 93.4 Å². The van der Waals surface area contributed by atoms with Crippen molar-refractivity contribution in [3.63, 3.8) is 0 Å². The molecule has 0 unspecified atom stereocenters. The van der Waals surface area contributed by atoms with Gasteiger partial charge in [-0.3, -0.25) is 28.6 Å². The molecular formula is C66H40N8. The SMILES string of the molecule is c1ccc(-c2ccc3c(c2)c2cc4c(cc2n3-c2cccc(-n3c5ccccc5c5ccccc53)n2)N(c2cccc(-n3c5ccccc5c5ccccc53)n2)c2cccc3c(-c5ccccn5)ccc-4c23)nc1. The van der Waals surface area contributed by atoms with Crippen LogP contribution < -0.4 is 4.90 Å². The largest absolute Gasteiger partial charge is 0.294 e. The second-order valence-corrected chi connectivity index (χ2v) is 19.0. The highest BCUT2D eigenvalue weighted by Crippen LogP contribution is 2.54. The van der Waals surface area contributed by atoms with Crippen LogP contribution in [0.4, 0.5) is 17.2 Å². The van der Waals surface area contributed by atoms with Gasteiger partial charge in [-0.05, 0) is 114 Å².